The first-order valence-corrected chi connectivity index (χ1v) is 12.0. The van der Waals surface area contributed by atoms with E-state index in [1.807, 2.05) is 0 Å². The quantitative estimate of drug-likeness (QED) is 0.454. The van der Waals surface area contributed by atoms with E-state index in [4.69, 9.17) is 9.66 Å². The molecule has 1 amide bonds. The Kier molecular flexibility index (Phi) is 7.67. The average Bonchev–Trinajstić information content (AvgIpc) is 3.37. The molecule has 1 aliphatic rings. The maximum absolute atomic E-state index is 13.6. The van der Waals surface area contributed by atoms with Crippen LogP contribution in [0, 0.1) is 5.92 Å². The Morgan fingerprint density at radius 2 is 1.97 bits per heavy atom. The largest absolute Gasteiger partial charge is 0.476 e. The smallest absolute Gasteiger partial charge is 0.416 e. The number of hydrogen-bond acceptors (Lipinski definition) is 5. The molecule has 1 aromatic carbocycles. The predicted molar refractivity (Wildman–Crippen MR) is 113 cm³/mol. The zero-order chi connectivity index (χ0) is 23.5. The second-order valence-electron chi connectivity index (χ2n) is 7.65. The molecule has 1 aliphatic carbocycles. The van der Waals surface area contributed by atoms with E-state index in [-0.39, 0.29) is 27.9 Å². The molecule has 1 fully saturated rings. The molecule has 0 radical (unpaired) electrons. The highest BCUT2D eigenvalue weighted by atomic mass is 32.2. The van der Waals surface area contributed by atoms with Gasteiger partial charge >= 0.3 is 12.1 Å². The SMILES string of the molecule is O=C(O)c1csc(NC(=O)C(CC2CCCC2)c2ccc(CS(=O)O)c(C(F)(F)F)c2)n1. The number of aromatic nitrogens is 1. The molecule has 0 bridgehead atoms. The van der Waals surface area contributed by atoms with Crippen LogP contribution in [0.3, 0.4) is 0 Å². The lowest BCUT2D eigenvalue weighted by molar-refractivity contribution is -0.138. The van der Waals surface area contributed by atoms with Gasteiger partial charge in [-0.1, -0.05) is 37.8 Å². The topological polar surface area (TPSA) is 117 Å². The third-order valence-corrected chi connectivity index (χ3v) is 6.75. The molecule has 2 aromatic rings. The number of rotatable bonds is 8. The number of amides is 1. The first kappa shape index (κ1) is 24.3. The minimum Gasteiger partial charge on any atom is -0.476 e. The van der Waals surface area contributed by atoms with Crippen LogP contribution in [0.25, 0.3) is 0 Å². The normalized spacial score (nSPS) is 16.6. The standard InChI is InChI=1S/C20H21F3N2O5S2/c21-20(22,23)15-8-12(5-6-13(15)10-32(29)30)14(7-11-3-1-2-4-11)17(26)25-19-24-16(9-31-19)18(27)28/h5-6,8-9,11,14H,1-4,7,10H2,(H,27,28)(H,29,30)(H,24,25,26). The van der Waals surface area contributed by atoms with Crippen LogP contribution >= 0.6 is 11.3 Å². The molecule has 0 saturated heterocycles. The van der Waals surface area contributed by atoms with Crippen LogP contribution in [0.4, 0.5) is 18.3 Å². The van der Waals surface area contributed by atoms with Gasteiger partial charge in [0, 0.05) is 5.38 Å². The molecule has 12 heteroatoms. The number of halogens is 3. The summed E-state index contributed by atoms with van der Waals surface area (Å²) in [5.41, 5.74) is -1.47. The molecule has 2 unspecified atom stereocenters. The molecule has 7 nitrogen and oxygen atoms in total. The summed E-state index contributed by atoms with van der Waals surface area (Å²) in [7, 11) is 0. The van der Waals surface area contributed by atoms with Gasteiger partial charge in [-0.2, -0.15) is 13.2 Å². The van der Waals surface area contributed by atoms with Crippen molar-refractivity contribution in [2.75, 3.05) is 5.32 Å². The summed E-state index contributed by atoms with van der Waals surface area (Å²) < 4.78 is 61.0. The van der Waals surface area contributed by atoms with Crippen molar-refractivity contribution in [1.29, 1.82) is 0 Å². The van der Waals surface area contributed by atoms with Crippen LogP contribution in [0.2, 0.25) is 0 Å². The molecule has 1 heterocycles. The minimum atomic E-state index is -4.76. The summed E-state index contributed by atoms with van der Waals surface area (Å²) in [6.45, 7) is 0. The van der Waals surface area contributed by atoms with Gasteiger partial charge in [0.25, 0.3) is 0 Å². The molecule has 1 aromatic heterocycles. The average molecular weight is 491 g/mol. The maximum Gasteiger partial charge on any atom is 0.416 e. The first-order valence-electron chi connectivity index (χ1n) is 9.81. The van der Waals surface area contributed by atoms with Gasteiger partial charge < -0.3 is 15.0 Å². The molecule has 3 N–H and O–H groups in total. The maximum atomic E-state index is 13.6. The van der Waals surface area contributed by atoms with Crippen molar-refractivity contribution in [1.82, 2.24) is 4.98 Å². The minimum absolute atomic E-state index is 0.0483. The van der Waals surface area contributed by atoms with Gasteiger partial charge in [0.15, 0.2) is 21.9 Å². The Balaban J connectivity index is 1.94. The van der Waals surface area contributed by atoms with Gasteiger partial charge in [-0.05, 0) is 29.5 Å². The molecular weight excluding hydrogens is 469 g/mol. The Labute approximate surface area is 188 Å². The number of nitrogens with zero attached hydrogens (tertiary/aromatic N) is 1. The first-order chi connectivity index (χ1) is 15.0. The fraction of sp³-hybridized carbons (Fsp3) is 0.450. The van der Waals surface area contributed by atoms with Gasteiger partial charge in [-0.15, -0.1) is 11.3 Å². The van der Waals surface area contributed by atoms with Crippen molar-refractivity contribution in [3.05, 3.63) is 46.0 Å². The number of thiazole rings is 1. The van der Waals surface area contributed by atoms with Crippen molar-refractivity contribution < 1.29 is 36.6 Å². The number of carbonyl (C=O) groups excluding carboxylic acids is 1. The number of alkyl halides is 3. The van der Waals surface area contributed by atoms with E-state index in [0.29, 0.717) is 6.42 Å². The zero-order valence-electron chi connectivity index (χ0n) is 16.7. The molecule has 3 rings (SSSR count). The van der Waals surface area contributed by atoms with Crippen molar-refractivity contribution >= 4 is 39.4 Å². The monoisotopic (exact) mass is 490 g/mol. The number of carboxylic acids is 1. The summed E-state index contributed by atoms with van der Waals surface area (Å²) in [6, 6.07) is 3.38. The van der Waals surface area contributed by atoms with Crippen molar-refractivity contribution in [2.45, 2.75) is 50.0 Å². The number of carbonyl (C=O) groups is 2. The third-order valence-electron chi connectivity index (χ3n) is 5.43. The Morgan fingerprint density at radius 1 is 1.28 bits per heavy atom. The lowest BCUT2D eigenvalue weighted by atomic mass is 9.86. The molecule has 174 valence electrons. The van der Waals surface area contributed by atoms with Crippen LogP contribution in [0.5, 0.6) is 0 Å². The van der Waals surface area contributed by atoms with Crippen LogP contribution in [-0.4, -0.2) is 30.7 Å². The molecule has 2 atom stereocenters. The summed E-state index contributed by atoms with van der Waals surface area (Å²) in [6.07, 6.45) is -0.697. The molecule has 0 aliphatic heterocycles. The fourth-order valence-electron chi connectivity index (χ4n) is 3.93. The third kappa shape index (κ3) is 6.14. The number of hydrogen-bond donors (Lipinski definition) is 3. The van der Waals surface area contributed by atoms with E-state index in [9.17, 15) is 27.0 Å². The van der Waals surface area contributed by atoms with Crippen LogP contribution in [-0.2, 0) is 27.8 Å². The molecule has 32 heavy (non-hydrogen) atoms. The summed E-state index contributed by atoms with van der Waals surface area (Å²) >= 11 is -1.54. The second kappa shape index (κ2) is 10.1. The number of anilines is 1. The van der Waals surface area contributed by atoms with Gasteiger partial charge in [0.2, 0.25) is 5.91 Å². The van der Waals surface area contributed by atoms with Gasteiger partial charge in [0.1, 0.15) is 0 Å². The Morgan fingerprint density at radius 3 is 2.53 bits per heavy atom. The molecule has 0 spiro atoms. The number of aromatic carboxylic acids is 1. The Bertz CT molecular complexity index is 1020. The summed E-state index contributed by atoms with van der Waals surface area (Å²) in [4.78, 5) is 27.9. The van der Waals surface area contributed by atoms with E-state index in [2.05, 4.69) is 10.3 Å². The lowest BCUT2D eigenvalue weighted by Crippen LogP contribution is -2.24. The van der Waals surface area contributed by atoms with Crippen molar-refractivity contribution in [3.63, 3.8) is 0 Å². The molecule has 1 saturated carbocycles. The summed E-state index contributed by atoms with van der Waals surface area (Å²) in [5, 5.41) is 12.8. The lowest BCUT2D eigenvalue weighted by Gasteiger charge is -2.22. The number of nitrogens with one attached hydrogen (secondary N) is 1. The zero-order valence-corrected chi connectivity index (χ0v) is 18.4. The highest BCUT2D eigenvalue weighted by Gasteiger charge is 2.36. The highest BCUT2D eigenvalue weighted by Crippen LogP contribution is 2.39. The van der Waals surface area contributed by atoms with Crippen LogP contribution in [0.15, 0.2) is 23.6 Å². The van der Waals surface area contributed by atoms with E-state index in [1.165, 1.54) is 11.4 Å². The van der Waals surface area contributed by atoms with E-state index in [1.54, 1.807) is 0 Å². The van der Waals surface area contributed by atoms with Crippen LogP contribution < -0.4 is 5.32 Å². The van der Waals surface area contributed by atoms with Gasteiger partial charge in [0.05, 0.1) is 17.2 Å². The van der Waals surface area contributed by atoms with E-state index >= 15 is 0 Å². The number of carboxylic acid groups (broad SMARTS) is 1. The van der Waals surface area contributed by atoms with Crippen molar-refractivity contribution in [2.24, 2.45) is 5.92 Å². The number of benzene rings is 1. The Hall–Kier alpha value is -2.31. The molecular formula is C20H21F3N2O5S2. The van der Waals surface area contributed by atoms with Gasteiger partial charge in [-0.3, -0.25) is 4.79 Å². The highest BCUT2D eigenvalue weighted by molar-refractivity contribution is 7.78. The predicted octanol–water partition coefficient (Wildman–Crippen LogP) is 4.88. The van der Waals surface area contributed by atoms with Gasteiger partial charge in [-0.25, -0.2) is 14.0 Å². The van der Waals surface area contributed by atoms with Crippen LogP contribution in [0.1, 0.15) is 65.2 Å². The summed E-state index contributed by atoms with van der Waals surface area (Å²) in [5.74, 6) is -3.24. The van der Waals surface area contributed by atoms with E-state index < -0.39 is 46.4 Å². The second-order valence-corrected chi connectivity index (χ2v) is 9.44. The van der Waals surface area contributed by atoms with E-state index in [0.717, 1.165) is 49.2 Å². The fourth-order valence-corrected chi connectivity index (χ4v) is 5.13. The van der Waals surface area contributed by atoms with Crippen molar-refractivity contribution in [3.8, 4) is 0 Å².